The van der Waals surface area contributed by atoms with Gasteiger partial charge in [0.2, 0.25) is 0 Å². The third kappa shape index (κ3) is 5.56. The van der Waals surface area contributed by atoms with E-state index < -0.39 is 0 Å². The van der Waals surface area contributed by atoms with Crippen molar-refractivity contribution in [3.05, 3.63) is 46.0 Å². The lowest BCUT2D eigenvalue weighted by atomic mass is 10.0. The highest BCUT2D eigenvalue weighted by Crippen LogP contribution is 2.30. The lowest BCUT2D eigenvalue weighted by Crippen LogP contribution is -2.39. The van der Waals surface area contributed by atoms with Crippen LogP contribution in [0.25, 0.3) is 10.9 Å². The first-order valence-electron chi connectivity index (χ1n) is 12.8. The summed E-state index contributed by atoms with van der Waals surface area (Å²) in [5, 5.41) is 13.8. The molecule has 0 spiro atoms. The number of hydrogen-bond acceptors (Lipinski definition) is 7. The molecule has 35 heavy (non-hydrogen) atoms. The van der Waals surface area contributed by atoms with Gasteiger partial charge in [0.1, 0.15) is 5.75 Å². The van der Waals surface area contributed by atoms with Gasteiger partial charge in [-0.15, -0.1) is 5.10 Å². The summed E-state index contributed by atoms with van der Waals surface area (Å²) in [5.41, 5.74) is 1.21. The van der Waals surface area contributed by atoms with Crippen molar-refractivity contribution >= 4 is 10.9 Å². The van der Waals surface area contributed by atoms with Crippen LogP contribution >= 0.6 is 0 Å². The molecule has 2 aromatic heterocycles. The van der Waals surface area contributed by atoms with Gasteiger partial charge in [-0.2, -0.15) is 0 Å². The largest absolute Gasteiger partial charge is 0.494 e. The first-order valence-corrected chi connectivity index (χ1v) is 12.8. The van der Waals surface area contributed by atoms with Crippen LogP contribution in [-0.4, -0.2) is 56.0 Å². The topological polar surface area (TPSA) is 98.2 Å². The van der Waals surface area contributed by atoms with Crippen LogP contribution in [0.5, 0.6) is 5.75 Å². The Bertz CT molecular complexity index is 1180. The van der Waals surface area contributed by atoms with Crippen molar-refractivity contribution in [3.8, 4) is 5.75 Å². The zero-order valence-electron chi connectivity index (χ0n) is 21.6. The summed E-state index contributed by atoms with van der Waals surface area (Å²) in [7, 11) is 0. The van der Waals surface area contributed by atoms with Crippen LogP contribution in [0, 0.1) is 0 Å². The molecule has 0 saturated carbocycles. The van der Waals surface area contributed by atoms with Crippen molar-refractivity contribution in [1.29, 1.82) is 0 Å². The van der Waals surface area contributed by atoms with Gasteiger partial charge in [-0.3, -0.25) is 9.69 Å². The van der Waals surface area contributed by atoms with Crippen LogP contribution in [-0.2, 0) is 16.8 Å². The molecule has 0 amide bonds. The number of rotatable bonds is 11. The second-order valence-corrected chi connectivity index (χ2v) is 9.91. The molecular formula is C26H38N6O3. The first kappa shape index (κ1) is 25.3. The van der Waals surface area contributed by atoms with Crippen molar-refractivity contribution in [2.24, 2.45) is 0 Å². The Labute approximate surface area is 206 Å². The molecule has 1 aliphatic rings. The molecule has 190 valence electrons. The molecule has 2 atom stereocenters. The maximum absolute atomic E-state index is 13.1. The van der Waals surface area contributed by atoms with Crippen LogP contribution in [0.2, 0.25) is 0 Å². The fraction of sp³-hybridized carbons (Fsp3) is 0.615. The van der Waals surface area contributed by atoms with Gasteiger partial charge in [0.25, 0.3) is 5.56 Å². The Balaban J connectivity index is 1.71. The number of nitrogens with zero attached hydrogens (tertiary/aromatic N) is 5. The Morgan fingerprint density at radius 1 is 1.29 bits per heavy atom. The normalized spacial score (nSPS) is 17.4. The molecule has 4 rings (SSSR count). The minimum atomic E-state index is -0.210. The van der Waals surface area contributed by atoms with Crippen LogP contribution in [0.4, 0.5) is 0 Å². The van der Waals surface area contributed by atoms with Gasteiger partial charge < -0.3 is 14.5 Å². The minimum Gasteiger partial charge on any atom is -0.494 e. The zero-order chi connectivity index (χ0) is 25.0. The number of aromatic amines is 1. The van der Waals surface area contributed by atoms with Crippen LogP contribution in [0.1, 0.15) is 77.7 Å². The monoisotopic (exact) mass is 482 g/mol. The highest BCUT2D eigenvalue weighted by atomic mass is 16.5. The predicted molar refractivity (Wildman–Crippen MR) is 136 cm³/mol. The number of hydrogen-bond donors (Lipinski definition) is 1. The van der Waals surface area contributed by atoms with Gasteiger partial charge in [0.05, 0.1) is 24.3 Å². The summed E-state index contributed by atoms with van der Waals surface area (Å²) in [6.07, 6.45) is 3.93. The van der Waals surface area contributed by atoms with Crippen molar-refractivity contribution in [3.63, 3.8) is 0 Å². The number of benzene rings is 1. The molecule has 1 aromatic carbocycles. The Morgan fingerprint density at radius 3 is 2.80 bits per heavy atom. The van der Waals surface area contributed by atoms with Gasteiger partial charge in [-0.1, -0.05) is 13.8 Å². The first-order chi connectivity index (χ1) is 16.9. The van der Waals surface area contributed by atoms with Crippen molar-refractivity contribution in [2.45, 2.75) is 84.5 Å². The van der Waals surface area contributed by atoms with Crippen LogP contribution in [0.15, 0.2) is 29.1 Å². The average molecular weight is 483 g/mol. The summed E-state index contributed by atoms with van der Waals surface area (Å²) < 4.78 is 13.6. The summed E-state index contributed by atoms with van der Waals surface area (Å²) in [4.78, 5) is 18.5. The molecule has 0 bridgehead atoms. The fourth-order valence-electron chi connectivity index (χ4n) is 4.76. The van der Waals surface area contributed by atoms with Crippen molar-refractivity contribution in [2.75, 3.05) is 19.8 Å². The standard InChI is InChI=1S/C26H38N6O3/c1-6-23(24-28-29-30-32(24)26(4,5)7-2)31(17-21-10-9-13-35-21)16-19-14-18-15-20(34-8-3)11-12-22(18)27-25(19)33/h11-12,14-15,21,23H,6-10,13,16-17H2,1-5H3,(H,27,33)/t21-,23+/m1/s1. The molecule has 3 heterocycles. The van der Waals surface area contributed by atoms with E-state index in [-0.39, 0.29) is 23.2 Å². The van der Waals surface area contributed by atoms with Gasteiger partial charge >= 0.3 is 0 Å². The van der Waals surface area contributed by atoms with Gasteiger partial charge in [-0.05, 0) is 81.1 Å². The second kappa shape index (κ2) is 10.9. The lowest BCUT2D eigenvalue weighted by molar-refractivity contribution is 0.0475. The fourth-order valence-corrected chi connectivity index (χ4v) is 4.76. The van der Waals surface area contributed by atoms with E-state index >= 15 is 0 Å². The van der Waals surface area contributed by atoms with E-state index in [1.165, 1.54) is 0 Å². The third-order valence-electron chi connectivity index (χ3n) is 7.10. The molecule has 0 aliphatic carbocycles. The number of fused-ring (bicyclic) bond motifs is 1. The number of H-pyrrole nitrogens is 1. The molecular weight excluding hydrogens is 444 g/mol. The Hall–Kier alpha value is -2.78. The number of nitrogens with one attached hydrogen (secondary N) is 1. The zero-order valence-corrected chi connectivity index (χ0v) is 21.6. The predicted octanol–water partition coefficient (Wildman–Crippen LogP) is 4.19. The van der Waals surface area contributed by atoms with E-state index in [0.29, 0.717) is 25.3 Å². The van der Waals surface area contributed by atoms with Crippen LogP contribution < -0.4 is 10.3 Å². The van der Waals surface area contributed by atoms with Crippen molar-refractivity contribution < 1.29 is 9.47 Å². The summed E-state index contributed by atoms with van der Waals surface area (Å²) in [5.74, 6) is 1.62. The van der Waals surface area contributed by atoms with Gasteiger partial charge in [0.15, 0.2) is 5.82 Å². The number of aromatic nitrogens is 5. The van der Waals surface area contributed by atoms with E-state index in [1.54, 1.807) is 0 Å². The summed E-state index contributed by atoms with van der Waals surface area (Å²) >= 11 is 0. The lowest BCUT2D eigenvalue weighted by Gasteiger charge is -2.34. The Kier molecular flexibility index (Phi) is 7.86. The maximum Gasteiger partial charge on any atom is 0.252 e. The third-order valence-corrected chi connectivity index (χ3v) is 7.10. The maximum atomic E-state index is 13.1. The minimum absolute atomic E-state index is 0.0510. The molecule has 1 aliphatic heterocycles. The van der Waals surface area contributed by atoms with E-state index in [1.807, 2.05) is 35.9 Å². The van der Waals surface area contributed by atoms with Crippen molar-refractivity contribution in [1.82, 2.24) is 30.1 Å². The Morgan fingerprint density at radius 2 is 2.11 bits per heavy atom. The van der Waals surface area contributed by atoms with E-state index in [2.05, 4.69) is 53.1 Å². The molecule has 0 radical (unpaired) electrons. The molecule has 3 aromatic rings. The second-order valence-electron chi connectivity index (χ2n) is 9.91. The molecule has 0 unspecified atom stereocenters. The molecule has 1 saturated heterocycles. The highest BCUT2D eigenvalue weighted by Gasteiger charge is 2.32. The molecule has 9 heteroatoms. The average Bonchev–Trinajstić information content (AvgIpc) is 3.53. The van der Waals surface area contributed by atoms with E-state index in [9.17, 15) is 4.79 Å². The number of ether oxygens (including phenoxy) is 2. The summed E-state index contributed by atoms with van der Waals surface area (Å²) in [6, 6.07) is 7.68. The van der Waals surface area contributed by atoms with Gasteiger partial charge in [-0.25, -0.2) is 4.68 Å². The number of tetrazole rings is 1. The smallest absolute Gasteiger partial charge is 0.252 e. The molecule has 9 nitrogen and oxygen atoms in total. The number of pyridine rings is 1. The SMILES string of the molecule is CCOc1ccc2[nH]c(=O)c(CN(C[C@H]3CCCO3)[C@@H](CC)c3nnnn3C(C)(C)CC)cc2c1. The summed E-state index contributed by atoms with van der Waals surface area (Å²) in [6.45, 7) is 13.1. The van der Waals surface area contributed by atoms with E-state index in [4.69, 9.17) is 9.47 Å². The molecule has 1 N–H and O–H groups in total. The van der Waals surface area contributed by atoms with Gasteiger partial charge in [0, 0.05) is 36.2 Å². The van der Waals surface area contributed by atoms with Crippen LogP contribution in [0.3, 0.4) is 0 Å². The quantitative estimate of drug-likeness (QED) is 0.437. The van der Waals surface area contributed by atoms with E-state index in [0.717, 1.165) is 54.8 Å². The highest BCUT2D eigenvalue weighted by molar-refractivity contribution is 5.80. The molecule has 1 fully saturated rings.